The standard InChI is InChI=1S/C23H32N2O2/c1-17(2)18-6-8-19(9-7-18)23(25-14-5-12-24-13-15-25)20-10-11-21(26-3)22(16-20)27-4/h6-11,16-17,23-24H,5,12-15H2,1-4H3. The first-order valence-electron chi connectivity index (χ1n) is 9.90. The highest BCUT2D eigenvalue weighted by molar-refractivity contribution is 5.46. The molecule has 4 nitrogen and oxygen atoms in total. The van der Waals surface area contributed by atoms with Crippen molar-refractivity contribution < 1.29 is 9.47 Å². The van der Waals surface area contributed by atoms with E-state index >= 15 is 0 Å². The molecule has 1 aliphatic rings. The summed E-state index contributed by atoms with van der Waals surface area (Å²) in [5, 5.41) is 3.51. The van der Waals surface area contributed by atoms with Crippen LogP contribution in [0.15, 0.2) is 42.5 Å². The van der Waals surface area contributed by atoms with Gasteiger partial charge in [0.25, 0.3) is 0 Å². The minimum atomic E-state index is 0.214. The molecule has 1 atom stereocenters. The van der Waals surface area contributed by atoms with Crippen LogP contribution in [-0.2, 0) is 0 Å². The highest BCUT2D eigenvalue weighted by Crippen LogP contribution is 2.35. The maximum Gasteiger partial charge on any atom is 0.161 e. The molecule has 3 rings (SSSR count). The molecule has 0 spiro atoms. The van der Waals surface area contributed by atoms with E-state index < -0.39 is 0 Å². The summed E-state index contributed by atoms with van der Waals surface area (Å²) in [5.41, 5.74) is 3.95. The summed E-state index contributed by atoms with van der Waals surface area (Å²) >= 11 is 0. The van der Waals surface area contributed by atoms with Gasteiger partial charge in [0, 0.05) is 19.6 Å². The maximum atomic E-state index is 5.57. The number of rotatable bonds is 6. The molecule has 1 fully saturated rings. The first kappa shape index (κ1) is 19.7. The summed E-state index contributed by atoms with van der Waals surface area (Å²) in [7, 11) is 3.38. The first-order valence-corrected chi connectivity index (χ1v) is 9.90. The zero-order valence-electron chi connectivity index (χ0n) is 17.0. The van der Waals surface area contributed by atoms with Crippen molar-refractivity contribution in [2.45, 2.75) is 32.2 Å². The number of ether oxygens (including phenoxy) is 2. The zero-order chi connectivity index (χ0) is 19.2. The topological polar surface area (TPSA) is 33.7 Å². The third-order valence-electron chi connectivity index (χ3n) is 5.38. The van der Waals surface area contributed by atoms with Crippen molar-refractivity contribution in [3.8, 4) is 11.5 Å². The molecular formula is C23H32N2O2. The van der Waals surface area contributed by atoms with E-state index in [9.17, 15) is 0 Å². The van der Waals surface area contributed by atoms with Gasteiger partial charge < -0.3 is 14.8 Å². The van der Waals surface area contributed by atoms with Crippen LogP contribution in [0.3, 0.4) is 0 Å². The summed E-state index contributed by atoms with van der Waals surface area (Å²) in [6, 6.07) is 15.6. The Morgan fingerprint density at radius 3 is 2.15 bits per heavy atom. The Morgan fingerprint density at radius 2 is 1.48 bits per heavy atom. The van der Waals surface area contributed by atoms with Crippen molar-refractivity contribution >= 4 is 0 Å². The van der Waals surface area contributed by atoms with Crippen LogP contribution in [0.25, 0.3) is 0 Å². The number of hydrogen-bond donors (Lipinski definition) is 1. The van der Waals surface area contributed by atoms with Crippen molar-refractivity contribution in [1.82, 2.24) is 10.2 Å². The fourth-order valence-corrected chi connectivity index (χ4v) is 3.82. The molecule has 1 N–H and O–H groups in total. The summed E-state index contributed by atoms with van der Waals surface area (Å²) in [5.74, 6) is 2.10. The van der Waals surface area contributed by atoms with Gasteiger partial charge in [-0.15, -0.1) is 0 Å². The van der Waals surface area contributed by atoms with Gasteiger partial charge in [0.1, 0.15) is 0 Å². The molecule has 0 aromatic heterocycles. The molecule has 0 radical (unpaired) electrons. The number of benzene rings is 2. The Kier molecular flexibility index (Phi) is 6.75. The van der Waals surface area contributed by atoms with E-state index in [4.69, 9.17) is 9.47 Å². The van der Waals surface area contributed by atoms with Crippen LogP contribution >= 0.6 is 0 Å². The van der Waals surface area contributed by atoms with Crippen molar-refractivity contribution in [2.24, 2.45) is 0 Å². The van der Waals surface area contributed by atoms with E-state index in [0.717, 1.165) is 44.1 Å². The number of nitrogens with zero attached hydrogens (tertiary/aromatic N) is 1. The number of hydrogen-bond acceptors (Lipinski definition) is 4. The second-order valence-electron chi connectivity index (χ2n) is 7.48. The fourth-order valence-electron chi connectivity index (χ4n) is 3.82. The molecule has 1 heterocycles. The Bertz CT molecular complexity index is 720. The van der Waals surface area contributed by atoms with E-state index in [1.54, 1.807) is 14.2 Å². The van der Waals surface area contributed by atoms with Gasteiger partial charge in [0.15, 0.2) is 11.5 Å². The van der Waals surface area contributed by atoms with Gasteiger partial charge in [-0.3, -0.25) is 4.90 Å². The minimum Gasteiger partial charge on any atom is -0.493 e. The lowest BCUT2D eigenvalue weighted by atomic mass is 9.93. The molecule has 1 aliphatic heterocycles. The molecule has 0 saturated carbocycles. The fraction of sp³-hybridized carbons (Fsp3) is 0.478. The molecule has 1 saturated heterocycles. The van der Waals surface area contributed by atoms with Gasteiger partial charge in [-0.25, -0.2) is 0 Å². The second-order valence-corrected chi connectivity index (χ2v) is 7.48. The Labute approximate surface area is 163 Å². The highest BCUT2D eigenvalue weighted by Gasteiger charge is 2.24. The minimum absolute atomic E-state index is 0.214. The number of nitrogens with one attached hydrogen (secondary N) is 1. The van der Waals surface area contributed by atoms with Crippen LogP contribution in [0.5, 0.6) is 11.5 Å². The smallest absolute Gasteiger partial charge is 0.161 e. The third kappa shape index (κ3) is 4.63. The van der Waals surface area contributed by atoms with E-state index in [-0.39, 0.29) is 6.04 Å². The zero-order valence-corrected chi connectivity index (χ0v) is 17.0. The van der Waals surface area contributed by atoms with Gasteiger partial charge in [0.2, 0.25) is 0 Å². The largest absolute Gasteiger partial charge is 0.493 e. The Morgan fingerprint density at radius 1 is 0.815 bits per heavy atom. The van der Waals surface area contributed by atoms with Crippen LogP contribution in [0, 0.1) is 0 Å². The summed E-state index contributed by atoms with van der Waals surface area (Å²) in [6.07, 6.45) is 1.16. The third-order valence-corrected chi connectivity index (χ3v) is 5.38. The predicted molar refractivity (Wildman–Crippen MR) is 111 cm³/mol. The Hall–Kier alpha value is -2.04. The van der Waals surface area contributed by atoms with Crippen LogP contribution in [0.1, 0.15) is 48.9 Å². The van der Waals surface area contributed by atoms with Crippen LogP contribution in [0.4, 0.5) is 0 Å². The van der Waals surface area contributed by atoms with Crippen molar-refractivity contribution in [2.75, 3.05) is 40.4 Å². The second kappa shape index (κ2) is 9.25. The average molecular weight is 369 g/mol. The molecule has 4 heteroatoms. The van der Waals surface area contributed by atoms with Gasteiger partial charge in [-0.2, -0.15) is 0 Å². The molecule has 1 unspecified atom stereocenters. The van der Waals surface area contributed by atoms with Crippen molar-refractivity contribution in [1.29, 1.82) is 0 Å². The summed E-state index contributed by atoms with van der Waals surface area (Å²) in [4.78, 5) is 2.58. The molecular weight excluding hydrogens is 336 g/mol. The molecule has 146 valence electrons. The SMILES string of the molecule is COc1ccc(C(c2ccc(C(C)C)cc2)N2CCCNCC2)cc1OC. The molecule has 0 amide bonds. The van der Waals surface area contributed by atoms with Gasteiger partial charge >= 0.3 is 0 Å². The van der Waals surface area contributed by atoms with Gasteiger partial charge in [-0.1, -0.05) is 44.2 Å². The molecule has 2 aromatic carbocycles. The van der Waals surface area contributed by atoms with Gasteiger partial charge in [-0.05, 0) is 47.7 Å². The lowest BCUT2D eigenvalue weighted by Crippen LogP contribution is -2.33. The summed E-state index contributed by atoms with van der Waals surface area (Å²) in [6.45, 7) is 8.70. The molecule has 2 aromatic rings. The van der Waals surface area contributed by atoms with E-state index in [1.165, 1.54) is 16.7 Å². The van der Waals surface area contributed by atoms with E-state index in [2.05, 4.69) is 60.5 Å². The normalized spacial score (nSPS) is 16.8. The van der Waals surface area contributed by atoms with Crippen molar-refractivity contribution in [3.05, 3.63) is 59.2 Å². The lowest BCUT2D eigenvalue weighted by molar-refractivity contribution is 0.240. The van der Waals surface area contributed by atoms with Crippen LogP contribution in [0.2, 0.25) is 0 Å². The van der Waals surface area contributed by atoms with E-state index in [1.807, 2.05) is 6.07 Å². The van der Waals surface area contributed by atoms with E-state index in [0.29, 0.717) is 5.92 Å². The lowest BCUT2D eigenvalue weighted by Gasteiger charge is -2.32. The van der Waals surface area contributed by atoms with Gasteiger partial charge in [0.05, 0.1) is 20.3 Å². The van der Waals surface area contributed by atoms with Crippen LogP contribution < -0.4 is 14.8 Å². The monoisotopic (exact) mass is 368 g/mol. The predicted octanol–water partition coefficient (Wildman–Crippen LogP) is 4.21. The number of methoxy groups -OCH3 is 2. The van der Waals surface area contributed by atoms with Crippen molar-refractivity contribution in [3.63, 3.8) is 0 Å². The molecule has 27 heavy (non-hydrogen) atoms. The maximum absolute atomic E-state index is 5.57. The quantitative estimate of drug-likeness (QED) is 0.828. The highest BCUT2D eigenvalue weighted by atomic mass is 16.5. The average Bonchev–Trinajstić information content (AvgIpc) is 2.98. The molecule has 0 aliphatic carbocycles. The first-order chi connectivity index (χ1) is 13.1. The molecule has 0 bridgehead atoms. The van der Waals surface area contributed by atoms with Crippen LogP contribution in [-0.4, -0.2) is 45.3 Å². The summed E-state index contributed by atoms with van der Waals surface area (Å²) < 4.78 is 11.0. The Balaban J connectivity index is 2.01.